The summed E-state index contributed by atoms with van der Waals surface area (Å²) < 4.78 is 0. The van der Waals surface area contributed by atoms with Crippen LogP contribution in [-0.2, 0) is 0 Å². The molecular weight excluding hydrogens is 188 g/mol. The minimum atomic E-state index is 0.354. The van der Waals surface area contributed by atoms with E-state index in [-0.39, 0.29) is 0 Å². The van der Waals surface area contributed by atoms with Crippen molar-refractivity contribution in [3.8, 4) is 0 Å². The van der Waals surface area contributed by atoms with Gasteiger partial charge in [-0.05, 0) is 58.8 Å². The van der Waals surface area contributed by atoms with Gasteiger partial charge in [0.25, 0.3) is 0 Å². The second-order valence-corrected chi connectivity index (χ2v) is 5.10. The fraction of sp³-hybridized carbons (Fsp3) is 1.00. The SMILES string of the molecule is CN1CCCC(N2CCCC2CO)CC1. The predicted octanol–water partition coefficient (Wildman–Crippen LogP) is 0.927. The zero-order chi connectivity index (χ0) is 10.7. The van der Waals surface area contributed by atoms with Gasteiger partial charge in [-0.15, -0.1) is 0 Å². The molecule has 0 radical (unpaired) electrons. The van der Waals surface area contributed by atoms with Gasteiger partial charge in [0.05, 0.1) is 6.61 Å². The molecule has 2 unspecified atom stereocenters. The van der Waals surface area contributed by atoms with Crippen LogP contribution in [0.1, 0.15) is 32.1 Å². The van der Waals surface area contributed by atoms with Gasteiger partial charge in [0.2, 0.25) is 0 Å². The highest BCUT2D eigenvalue weighted by molar-refractivity contribution is 4.86. The van der Waals surface area contributed by atoms with Gasteiger partial charge in [-0.2, -0.15) is 0 Å². The third-order valence-electron chi connectivity index (χ3n) is 4.02. The number of hydrogen-bond donors (Lipinski definition) is 1. The Hall–Kier alpha value is -0.120. The highest BCUT2D eigenvalue weighted by Crippen LogP contribution is 2.25. The summed E-state index contributed by atoms with van der Waals surface area (Å²) in [7, 11) is 2.22. The Morgan fingerprint density at radius 1 is 1.07 bits per heavy atom. The molecule has 88 valence electrons. The summed E-state index contributed by atoms with van der Waals surface area (Å²) in [5, 5.41) is 9.34. The van der Waals surface area contributed by atoms with Crippen molar-refractivity contribution >= 4 is 0 Å². The van der Waals surface area contributed by atoms with Crippen LogP contribution in [0.4, 0.5) is 0 Å². The topological polar surface area (TPSA) is 26.7 Å². The quantitative estimate of drug-likeness (QED) is 0.737. The van der Waals surface area contributed by atoms with Gasteiger partial charge in [-0.3, -0.25) is 4.90 Å². The minimum Gasteiger partial charge on any atom is -0.395 e. The van der Waals surface area contributed by atoms with Crippen LogP contribution in [-0.4, -0.2) is 60.3 Å². The highest BCUT2D eigenvalue weighted by Gasteiger charge is 2.30. The Morgan fingerprint density at radius 3 is 2.67 bits per heavy atom. The van der Waals surface area contributed by atoms with Gasteiger partial charge in [-0.25, -0.2) is 0 Å². The third kappa shape index (κ3) is 2.71. The van der Waals surface area contributed by atoms with Gasteiger partial charge in [0.15, 0.2) is 0 Å². The first-order valence-corrected chi connectivity index (χ1v) is 6.36. The van der Waals surface area contributed by atoms with Crippen molar-refractivity contribution in [1.82, 2.24) is 9.80 Å². The molecular formula is C12H24N2O. The first-order valence-electron chi connectivity index (χ1n) is 6.36. The summed E-state index contributed by atoms with van der Waals surface area (Å²) >= 11 is 0. The van der Waals surface area contributed by atoms with E-state index in [2.05, 4.69) is 16.8 Å². The van der Waals surface area contributed by atoms with Crippen LogP contribution in [0.2, 0.25) is 0 Å². The maximum Gasteiger partial charge on any atom is 0.0586 e. The number of nitrogens with zero attached hydrogens (tertiary/aromatic N) is 2. The number of aliphatic hydroxyl groups excluding tert-OH is 1. The van der Waals surface area contributed by atoms with Crippen LogP contribution in [0.5, 0.6) is 0 Å². The Labute approximate surface area is 93.1 Å². The van der Waals surface area contributed by atoms with E-state index < -0.39 is 0 Å². The molecule has 0 aromatic heterocycles. The van der Waals surface area contributed by atoms with Crippen LogP contribution in [0.3, 0.4) is 0 Å². The Kier molecular flexibility index (Phi) is 4.00. The summed E-state index contributed by atoms with van der Waals surface area (Å²) in [5.41, 5.74) is 0. The van der Waals surface area contributed by atoms with Gasteiger partial charge >= 0.3 is 0 Å². The van der Waals surface area contributed by atoms with E-state index >= 15 is 0 Å². The molecule has 2 heterocycles. The van der Waals surface area contributed by atoms with E-state index in [1.165, 1.54) is 51.7 Å². The molecule has 2 fully saturated rings. The molecule has 0 bridgehead atoms. The van der Waals surface area contributed by atoms with Crippen LogP contribution in [0, 0.1) is 0 Å². The van der Waals surface area contributed by atoms with Crippen molar-refractivity contribution < 1.29 is 5.11 Å². The molecule has 0 aromatic rings. The smallest absolute Gasteiger partial charge is 0.0586 e. The number of rotatable bonds is 2. The molecule has 0 aliphatic carbocycles. The van der Waals surface area contributed by atoms with Crippen molar-refractivity contribution in [2.75, 3.05) is 33.3 Å². The molecule has 2 aliphatic heterocycles. The minimum absolute atomic E-state index is 0.354. The molecule has 15 heavy (non-hydrogen) atoms. The van der Waals surface area contributed by atoms with Gasteiger partial charge in [0.1, 0.15) is 0 Å². The molecule has 2 saturated heterocycles. The molecule has 3 heteroatoms. The average molecular weight is 212 g/mol. The Balaban J connectivity index is 1.91. The summed E-state index contributed by atoms with van der Waals surface area (Å²) in [5.74, 6) is 0. The van der Waals surface area contributed by atoms with E-state index in [0.717, 1.165) is 6.04 Å². The van der Waals surface area contributed by atoms with E-state index in [9.17, 15) is 5.11 Å². The van der Waals surface area contributed by atoms with Crippen molar-refractivity contribution in [3.05, 3.63) is 0 Å². The van der Waals surface area contributed by atoms with Gasteiger partial charge in [0, 0.05) is 12.1 Å². The standard InChI is InChI=1S/C12H24N2O/c1-13-7-2-4-11(6-9-13)14-8-3-5-12(14)10-15/h11-12,15H,2-10H2,1H3. The zero-order valence-electron chi connectivity index (χ0n) is 9.86. The highest BCUT2D eigenvalue weighted by atomic mass is 16.3. The fourth-order valence-electron chi connectivity index (χ4n) is 3.09. The third-order valence-corrected chi connectivity index (χ3v) is 4.02. The molecule has 0 amide bonds. The molecule has 2 atom stereocenters. The molecule has 2 aliphatic rings. The van der Waals surface area contributed by atoms with Crippen molar-refractivity contribution in [3.63, 3.8) is 0 Å². The lowest BCUT2D eigenvalue weighted by molar-refractivity contribution is 0.110. The largest absolute Gasteiger partial charge is 0.395 e. The number of likely N-dealkylation sites (tertiary alicyclic amines) is 2. The molecule has 0 saturated carbocycles. The number of aliphatic hydroxyl groups is 1. The van der Waals surface area contributed by atoms with Gasteiger partial charge in [-0.1, -0.05) is 0 Å². The lowest BCUT2D eigenvalue weighted by Crippen LogP contribution is -2.41. The fourth-order valence-corrected chi connectivity index (χ4v) is 3.09. The second-order valence-electron chi connectivity index (χ2n) is 5.10. The summed E-state index contributed by atoms with van der Waals surface area (Å²) in [6.45, 7) is 4.03. The molecule has 1 N–H and O–H groups in total. The summed E-state index contributed by atoms with van der Waals surface area (Å²) in [6.07, 6.45) is 6.39. The number of hydrogen-bond acceptors (Lipinski definition) is 3. The van der Waals surface area contributed by atoms with Crippen LogP contribution in [0.25, 0.3) is 0 Å². The zero-order valence-corrected chi connectivity index (χ0v) is 9.86. The predicted molar refractivity (Wildman–Crippen MR) is 61.9 cm³/mol. The van der Waals surface area contributed by atoms with E-state index in [0.29, 0.717) is 12.6 Å². The van der Waals surface area contributed by atoms with E-state index in [1.807, 2.05) is 0 Å². The molecule has 3 nitrogen and oxygen atoms in total. The lowest BCUT2D eigenvalue weighted by atomic mass is 10.1. The van der Waals surface area contributed by atoms with Crippen molar-refractivity contribution in [2.24, 2.45) is 0 Å². The van der Waals surface area contributed by atoms with E-state index in [4.69, 9.17) is 0 Å². The average Bonchev–Trinajstić information content (AvgIpc) is 2.61. The second kappa shape index (κ2) is 5.28. The maximum absolute atomic E-state index is 9.34. The molecule has 0 spiro atoms. The van der Waals surface area contributed by atoms with Crippen LogP contribution >= 0.6 is 0 Å². The lowest BCUT2D eigenvalue weighted by Gasteiger charge is -2.31. The monoisotopic (exact) mass is 212 g/mol. The summed E-state index contributed by atoms with van der Waals surface area (Å²) in [4.78, 5) is 5.00. The van der Waals surface area contributed by atoms with Crippen LogP contribution in [0.15, 0.2) is 0 Å². The molecule has 0 aromatic carbocycles. The first-order chi connectivity index (χ1) is 7.31. The van der Waals surface area contributed by atoms with Crippen LogP contribution < -0.4 is 0 Å². The first kappa shape index (κ1) is 11.4. The van der Waals surface area contributed by atoms with Crippen molar-refractivity contribution in [1.29, 1.82) is 0 Å². The maximum atomic E-state index is 9.34. The molecule has 2 rings (SSSR count). The Morgan fingerprint density at radius 2 is 1.87 bits per heavy atom. The summed E-state index contributed by atoms with van der Waals surface area (Å²) in [6, 6.07) is 1.19. The van der Waals surface area contributed by atoms with E-state index in [1.54, 1.807) is 0 Å². The van der Waals surface area contributed by atoms with Crippen molar-refractivity contribution in [2.45, 2.75) is 44.2 Å². The Bertz CT molecular complexity index is 198. The van der Waals surface area contributed by atoms with Gasteiger partial charge < -0.3 is 10.0 Å². The normalized spacial score (nSPS) is 35.6.